The second-order valence-corrected chi connectivity index (χ2v) is 13.7. The van der Waals surface area contributed by atoms with Crippen LogP contribution in [0.25, 0.3) is 0 Å². The molecule has 6 fully saturated rings. The Morgan fingerprint density at radius 1 is 1.09 bits per heavy atom. The first kappa shape index (κ1) is 22.9. The van der Waals surface area contributed by atoms with Crippen LogP contribution in [0.2, 0.25) is 0 Å². The van der Waals surface area contributed by atoms with Gasteiger partial charge < -0.3 is 4.74 Å². The summed E-state index contributed by atoms with van der Waals surface area (Å²) in [6.45, 7) is 6.34. The molecule has 0 N–H and O–H groups in total. The van der Waals surface area contributed by atoms with Crippen molar-refractivity contribution < 1.29 is 27.7 Å². The van der Waals surface area contributed by atoms with Gasteiger partial charge in [-0.2, -0.15) is 0 Å². The van der Waals surface area contributed by atoms with E-state index in [0.29, 0.717) is 31.3 Å². The van der Waals surface area contributed by atoms with Gasteiger partial charge in [0.2, 0.25) is 0 Å². The monoisotopic (exact) mass is 499 g/mol. The second kappa shape index (κ2) is 7.02. The van der Waals surface area contributed by atoms with E-state index < -0.39 is 42.4 Å². The molecule has 7 atom stereocenters. The Morgan fingerprint density at radius 3 is 2.57 bits per heavy atom. The summed E-state index contributed by atoms with van der Waals surface area (Å²) in [7, 11) is -4.30. The number of hydrogen-bond acceptors (Lipinski definition) is 7. The first-order valence-electron chi connectivity index (χ1n) is 12.4. The molecule has 186 valence electrons. The van der Waals surface area contributed by atoms with Crippen molar-refractivity contribution in [2.24, 2.45) is 34.0 Å². The summed E-state index contributed by atoms with van der Waals surface area (Å²) in [5, 5.41) is 10.6. The number of hydrogen-bond donors (Lipinski definition) is 0. The number of para-hydroxylation sites is 1. The molecule has 1 aromatic carbocycles. The van der Waals surface area contributed by atoms with Gasteiger partial charge in [0.15, 0.2) is 15.6 Å². The molecule has 1 spiro atoms. The number of nitro benzene ring substituents is 1. The maximum absolute atomic E-state index is 14.4. The highest BCUT2D eigenvalue weighted by molar-refractivity contribution is 7.92. The highest BCUT2D eigenvalue weighted by Crippen LogP contribution is 2.73. The lowest BCUT2D eigenvalue weighted by molar-refractivity contribution is -0.387. The van der Waals surface area contributed by atoms with E-state index in [4.69, 9.17) is 4.74 Å². The Bertz CT molecular complexity index is 1300. The number of benzene rings is 1. The van der Waals surface area contributed by atoms with Crippen LogP contribution in [0.3, 0.4) is 0 Å². The molecule has 0 amide bonds. The quantitative estimate of drug-likeness (QED) is 0.266. The fraction of sp³-hybridized carbons (Fsp3) is 0.615. The number of carbonyl (C=O) groups excluding carboxylic acids is 2. The molecule has 35 heavy (non-hydrogen) atoms. The van der Waals surface area contributed by atoms with Gasteiger partial charge in [0, 0.05) is 11.5 Å². The third-order valence-electron chi connectivity index (χ3n) is 10.4. The van der Waals surface area contributed by atoms with Gasteiger partial charge in [0.05, 0.1) is 27.6 Å². The fourth-order valence-corrected chi connectivity index (χ4v) is 11.3. The third-order valence-corrected chi connectivity index (χ3v) is 12.7. The van der Waals surface area contributed by atoms with Crippen molar-refractivity contribution in [3.63, 3.8) is 0 Å². The lowest BCUT2D eigenvalue weighted by atomic mass is 9.35. The number of ether oxygens (including phenoxy) is 1. The molecule has 1 aromatic rings. The van der Waals surface area contributed by atoms with E-state index in [9.17, 15) is 28.1 Å². The first-order valence-corrected chi connectivity index (χ1v) is 13.9. The van der Waals surface area contributed by atoms with Gasteiger partial charge in [-0.15, -0.1) is 0 Å². The Labute approximate surface area is 204 Å². The van der Waals surface area contributed by atoms with E-state index in [1.165, 1.54) is 24.3 Å². The lowest BCUT2D eigenvalue weighted by Gasteiger charge is -2.69. The number of cyclic esters (lactones) is 1. The molecular weight excluding hydrogens is 470 g/mol. The summed E-state index contributed by atoms with van der Waals surface area (Å²) >= 11 is 0. The number of fused-ring (bicyclic) bond motifs is 2. The van der Waals surface area contributed by atoms with E-state index in [1.54, 1.807) is 0 Å². The predicted octanol–water partition coefficient (Wildman–Crippen LogP) is 4.03. The zero-order chi connectivity index (χ0) is 25.0. The van der Waals surface area contributed by atoms with Crippen LogP contribution in [0, 0.1) is 44.1 Å². The number of nitro groups is 1. The van der Waals surface area contributed by atoms with Gasteiger partial charge >= 0.3 is 5.97 Å². The highest BCUT2D eigenvalue weighted by atomic mass is 32.2. The number of allylic oxidation sites excluding steroid dienone is 1. The molecule has 8 nitrogen and oxygen atoms in total. The van der Waals surface area contributed by atoms with Crippen LogP contribution in [0.5, 0.6) is 0 Å². The Morgan fingerprint density at radius 2 is 1.83 bits per heavy atom. The minimum Gasteiger partial charge on any atom is -0.465 e. The van der Waals surface area contributed by atoms with E-state index in [2.05, 4.69) is 13.5 Å². The van der Waals surface area contributed by atoms with Crippen molar-refractivity contribution >= 4 is 27.3 Å². The SMILES string of the molecule is C=C1C(=O)[C@]23CC[C@H]1CC2C12CCC[C@@](C)(COC1=O)C2CC3S(=O)(=O)c1ccccc1[N+](=O)[O-]. The van der Waals surface area contributed by atoms with Gasteiger partial charge in [0.1, 0.15) is 4.90 Å². The number of carbonyl (C=O) groups is 2. The van der Waals surface area contributed by atoms with Crippen molar-refractivity contribution in [2.45, 2.75) is 62.0 Å². The molecule has 1 aliphatic heterocycles. The molecule has 6 aliphatic rings. The van der Waals surface area contributed by atoms with Gasteiger partial charge in [-0.25, -0.2) is 8.42 Å². The maximum atomic E-state index is 14.4. The van der Waals surface area contributed by atoms with Crippen molar-refractivity contribution in [2.75, 3.05) is 6.61 Å². The predicted molar refractivity (Wildman–Crippen MR) is 125 cm³/mol. The van der Waals surface area contributed by atoms with Gasteiger partial charge in [-0.3, -0.25) is 19.7 Å². The number of esters is 1. The number of sulfone groups is 1. The molecule has 9 heteroatoms. The van der Waals surface area contributed by atoms with Gasteiger partial charge in [0.25, 0.3) is 5.69 Å². The van der Waals surface area contributed by atoms with E-state index in [1.807, 2.05) is 0 Å². The minimum atomic E-state index is -4.30. The molecule has 1 saturated heterocycles. The smallest absolute Gasteiger partial charge is 0.312 e. The van der Waals surface area contributed by atoms with Crippen LogP contribution in [-0.2, 0) is 24.2 Å². The van der Waals surface area contributed by atoms with Crippen LogP contribution < -0.4 is 0 Å². The number of ketones is 1. The molecule has 5 aliphatic carbocycles. The zero-order valence-electron chi connectivity index (χ0n) is 19.7. The van der Waals surface area contributed by atoms with E-state index >= 15 is 0 Å². The lowest BCUT2D eigenvalue weighted by Crippen LogP contribution is -2.73. The number of nitrogens with zero attached hydrogens (tertiary/aromatic N) is 1. The summed E-state index contributed by atoms with van der Waals surface area (Å²) in [5.74, 6) is -1.36. The molecular formula is C26H29NO7S. The second-order valence-electron chi connectivity index (χ2n) is 11.6. The average molecular weight is 500 g/mol. The van der Waals surface area contributed by atoms with Crippen LogP contribution in [0.1, 0.15) is 51.9 Å². The van der Waals surface area contributed by atoms with E-state index in [0.717, 1.165) is 12.8 Å². The Hall–Kier alpha value is -2.55. The van der Waals surface area contributed by atoms with Gasteiger partial charge in [-0.05, 0) is 67.9 Å². The Balaban J connectivity index is 1.61. The van der Waals surface area contributed by atoms with Crippen molar-refractivity contribution in [3.8, 4) is 0 Å². The summed E-state index contributed by atoms with van der Waals surface area (Å²) < 4.78 is 34.5. The summed E-state index contributed by atoms with van der Waals surface area (Å²) in [4.78, 5) is 38.4. The van der Waals surface area contributed by atoms with Crippen molar-refractivity contribution in [1.82, 2.24) is 0 Å². The van der Waals surface area contributed by atoms with Crippen molar-refractivity contribution in [1.29, 1.82) is 0 Å². The van der Waals surface area contributed by atoms with Crippen LogP contribution in [-0.4, -0.2) is 37.0 Å². The van der Waals surface area contributed by atoms with Crippen LogP contribution >= 0.6 is 0 Å². The van der Waals surface area contributed by atoms with E-state index in [-0.39, 0.29) is 46.9 Å². The highest BCUT2D eigenvalue weighted by Gasteiger charge is 2.77. The normalized spacial score (nSPS) is 42.1. The average Bonchev–Trinajstić information content (AvgIpc) is 2.84. The first-order chi connectivity index (χ1) is 16.5. The fourth-order valence-electron chi connectivity index (χ4n) is 8.89. The number of Topliss-reactive ketones (excluding diaryl/α,β-unsaturated/α-hetero) is 1. The molecule has 1 heterocycles. The van der Waals surface area contributed by atoms with Crippen LogP contribution in [0.4, 0.5) is 5.69 Å². The third kappa shape index (κ3) is 2.60. The van der Waals surface area contributed by atoms with Crippen molar-refractivity contribution in [3.05, 3.63) is 46.5 Å². The Kier molecular flexibility index (Phi) is 4.59. The summed E-state index contributed by atoms with van der Waals surface area (Å²) in [6, 6.07) is 5.38. The topological polar surface area (TPSA) is 121 Å². The molecule has 4 unspecified atom stereocenters. The standard InChI is InChI=1S/C26H29NO7S/c1-15-16-8-11-26(22(15)28)20(12-16)25-10-5-9-24(2,14-34-23(25)29)19(25)13-21(26)35(32,33)18-7-4-3-6-17(18)27(30)31/h3-4,6-7,16,19-21H,1,5,8-14H2,2H3/t16-,19?,20?,21?,24-,25?,26+/m0/s1. The molecule has 0 aromatic heterocycles. The minimum absolute atomic E-state index is 0.0696. The summed E-state index contributed by atoms with van der Waals surface area (Å²) in [6.07, 6.45) is 3.88. The molecule has 7 rings (SSSR count). The summed E-state index contributed by atoms with van der Waals surface area (Å²) in [5.41, 5.74) is -2.64. The van der Waals surface area contributed by atoms with Crippen LogP contribution in [0.15, 0.2) is 41.3 Å². The number of rotatable bonds is 3. The largest absolute Gasteiger partial charge is 0.465 e. The molecule has 5 saturated carbocycles. The molecule has 4 bridgehead atoms. The van der Waals surface area contributed by atoms with Gasteiger partial charge in [-0.1, -0.05) is 32.1 Å². The molecule has 0 radical (unpaired) electrons. The zero-order valence-corrected chi connectivity index (χ0v) is 20.5. The maximum Gasteiger partial charge on any atom is 0.312 e.